The first-order valence-electron chi connectivity index (χ1n) is 6.99. The van der Waals surface area contributed by atoms with Crippen molar-refractivity contribution in [2.45, 2.75) is 6.54 Å². The number of hydrogen-bond acceptors (Lipinski definition) is 4. The number of anilines is 2. The topological polar surface area (TPSA) is 67.2 Å². The summed E-state index contributed by atoms with van der Waals surface area (Å²) in [6, 6.07) is 12.7. The van der Waals surface area contributed by atoms with Crippen LogP contribution in [0.15, 0.2) is 65.5 Å². The summed E-state index contributed by atoms with van der Waals surface area (Å²) in [6.07, 6.45) is 4.71. The van der Waals surface area contributed by atoms with Gasteiger partial charge in [0, 0.05) is 6.20 Å². The van der Waals surface area contributed by atoms with Crippen molar-refractivity contribution in [3.63, 3.8) is 0 Å². The minimum Gasteiger partial charge on any atom is -0.467 e. The first-order chi connectivity index (χ1) is 11.2. The van der Waals surface area contributed by atoms with Crippen LogP contribution >= 0.6 is 11.6 Å². The molecule has 0 aliphatic carbocycles. The van der Waals surface area contributed by atoms with Crippen LogP contribution in [0.5, 0.6) is 0 Å². The molecule has 6 heteroatoms. The summed E-state index contributed by atoms with van der Waals surface area (Å²) in [7, 11) is 0. The number of amides is 1. The van der Waals surface area contributed by atoms with E-state index in [2.05, 4.69) is 15.6 Å². The molecule has 0 aliphatic heterocycles. The number of nitrogens with zero attached hydrogens (tertiary/aromatic N) is 1. The lowest BCUT2D eigenvalue weighted by molar-refractivity contribution is 0.0947. The van der Waals surface area contributed by atoms with Gasteiger partial charge in [-0.15, -0.1) is 0 Å². The van der Waals surface area contributed by atoms with Crippen molar-refractivity contribution >= 4 is 28.9 Å². The second-order valence-electron chi connectivity index (χ2n) is 4.83. The fourth-order valence-electron chi connectivity index (χ4n) is 2.03. The molecule has 0 unspecified atom stereocenters. The Balaban J connectivity index is 1.69. The normalized spacial score (nSPS) is 10.3. The highest BCUT2D eigenvalue weighted by Crippen LogP contribution is 2.24. The number of pyridine rings is 1. The molecule has 0 bridgehead atoms. The molecule has 5 nitrogen and oxygen atoms in total. The average molecular weight is 328 g/mol. The number of aromatic nitrogens is 1. The smallest absolute Gasteiger partial charge is 0.253 e. The number of nitrogens with one attached hydrogen (secondary N) is 2. The van der Waals surface area contributed by atoms with E-state index in [0.29, 0.717) is 28.6 Å². The van der Waals surface area contributed by atoms with Crippen molar-refractivity contribution in [3.05, 3.63) is 77.5 Å². The molecule has 116 valence electrons. The van der Waals surface area contributed by atoms with Crippen LogP contribution < -0.4 is 10.6 Å². The lowest BCUT2D eigenvalue weighted by atomic mass is 10.2. The van der Waals surface area contributed by atoms with Gasteiger partial charge in [-0.2, -0.15) is 0 Å². The number of para-hydroxylation sites is 1. The van der Waals surface area contributed by atoms with Crippen LogP contribution in [0.2, 0.25) is 5.02 Å². The van der Waals surface area contributed by atoms with Gasteiger partial charge < -0.3 is 15.1 Å². The molecule has 0 radical (unpaired) electrons. The number of benzene rings is 1. The fourth-order valence-corrected chi connectivity index (χ4v) is 2.22. The van der Waals surface area contributed by atoms with Gasteiger partial charge in [0.05, 0.1) is 41.0 Å². The van der Waals surface area contributed by atoms with E-state index < -0.39 is 0 Å². The predicted molar refractivity (Wildman–Crippen MR) is 88.8 cm³/mol. The van der Waals surface area contributed by atoms with E-state index in [9.17, 15) is 4.79 Å². The van der Waals surface area contributed by atoms with Crippen molar-refractivity contribution in [3.8, 4) is 0 Å². The summed E-state index contributed by atoms with van der Waals surface area (Å²) in [5.41, 5.74) is 1.89. The van der Waals surface area contributed by atoms with Gasteiger partial charge >= 0.3 is 0 Å². The van der Waals surface area contributed by atoms with Gasteiger partial charge in [-0.1, -0.05) is 23.7 Å². The van der Waals surface area contributed by atoms with E-state index in [4.69, 9.17) is 16.0 Å². The Kier molecular flexibility index (Phi) is 4.59. The van der Waals surface area contributed by atoms with Crippen molar-refractivity contribution in [1.29, 1.82) is 0 Å². The van der Waals surface area contributed by atoms with Crippen molar-refractivity contribution < 1.29 is 9.21 Å². The number of hydrogen-bond donors (Lipinski definition) is 2. The van der Waals surface area contributed by atoms with E-state index in [-0.39, 0.29) is 5.91 Å². The largest absolute Gasteiger partial charge is 0.467 e. The molecule has 0 spiro atoms. The Labute approximate surface area is 138 Å². The molecule has 1 amide bonds. The third-order valence-electron chi connectivity index (χ3n) is 3.16. The van der Waals surface area contributed by atoms with Crippen LogP contribution in [0.4, 0.5) is 11.4 Å². The minimum atomic E-state index is -0.225. The molecule has 0 atom stereocenters. The zero-order valence-corrected chi connectivity index (χ0v) is 12.9. The molecule has 2 N–H and O–H groups in total. The van der Waals surface area contributed by atoms with Crippen molar-refractivity contribution in [1.82, 2.24) is 10.3 Å². The van der Waals surface area contributed by atoms with Gasteiger partial charge in [0.25, 0.3) is 5.91 Å². The average Bonchev–Trinajstić information content (AvgIpc) is 3.08. The van der Waals surface area contributed by atoms with Gasteiger partial charge in [0.15, 0.2) is 0 Å². The van der Waals surface area contributed by atoms with Crippen LogP contribution in [0.3, 0.4) is 0 Å². The Morgan fingerprint density at radius 1 is 1.17 bits per heavy atom. The molecule has 2 aromatic heterocycles. The quantitative estimate of drug-likeness (QED) is 0.743. The van der Waals surface area contributed by atoms with E-state index in [0.717, 1.165) is 5.69 Å². The predicted octanol–water partition coefficient (Wildman–Crippen LogP) is 4.00. The van der Waals surface area contributed by atoms with Gasteiger partial charge in [0.2, 0.25) is 0 Å². The van der Waals surface area contributed by atoms with E-state index in [1.807, 2.05) is 18.2 Å². The van der Waals surface area contributed by atoms with Crippen LogP contribution in [0.25, 0.3) is 0 Å². The van der Waals surface area contributed by atoms with Crippen LogP contribution in [-0.2, 0) is 6.54 Å². The zero-order valence-electron chi connectivity index (χ0n) is 12.1. The van der Waals surface area contributed by atoms with Crippen molar-refractivity contribution in [2.24, 2.45) is 0 Å². The highest BCUT2D eigenvalue weighted by molar-refractivity contribution is 6.33. The molecule has 23 heavy (non-hydrogen) atoms. The number of halogens is 1. The van der Waals surface area contributed by atoms with Crippen LogP contribution in [0, 0.1) is 0 Å². The number of rotatable bonds is 5. The number of furan rings is 1. The minimum absolute atomic E-state index is 0.225. The molecular formula is C17H14ClN3O2. The molecule has 3 aromatic rings. The summed E-state index contributed by atoms with van der Waals surface area (Å²) >= 11 is 6.11. The van der Waals surface area contributed by atoms with Crippen LogP contribution in [0.1, 0.15) is 16.1 Å². The Bertz CT molecular complexity index is 803. The first kappa shape index (κ1) is 15.1. The second kappa shape index (κ2) is 6.98. The molecule has 1 aromatic carbocycles. The van der Waals surface area contributed by atoms with Gasteiger partial charge in [0.1, 0.15) is 5.76 Å². The monoisotopic (exact) mass is 327 g/mol. The Hall–Kier alpha value is -2.79. The van der Waals surface area contributed by atoms with Gasteiger partial charge in [-0.25, -0.2) is 0 Å². The molecule has 0 saturated carbocycles. The lowest BCUT2D eigenvalue weighted by Gasteiger charge is -2.09. The molecule has 0 aliphatic rings. The van der Waals surface area contributed by atoms with Gasteiger partial charge in [-0.05, 0) is 30.3 Å². The molecule has 0 fully saturated rings. The van der Waals surface area contributed by atoms with E-state index in [1.54, 1.807) is 36.7 Å². The third-order valence-corrected chi connectivity index (χ3v) is 3.49. The molecule has 3 rings (SSSR count). The molecular weight excluding hydrogens is 314 g/mol. The van der Waals surface area contributed by atoms with E-state index >= 15 is 0 Å². The van der Waals surface area contributed by atoms with E-state index in [1.165, 1.54) is 6.20 Å². The third kappa shape index (κ3) is 3.90. The summed E-state index contributed by atoms with van der Waals surface area (Å²) in [5, 5.41) is 6.52. The maximum absolute atomic E-state index is 12.2. The Morgan fingerprint density at radius 2 is 2.04 bits per heavy atom. The maximum Gasteiger partial charge on any atom is 0.253 e. The molecule has 2 heterocycles. The summed E-state index contributed by atoms with van der Waals surface area (Å²) in [5.74, 6) is 0.466. The zero-order chi connectivity index (χ0) is 16.1. The maximum atomic E-state index is 12.2. The number of carbonyl (C=O) groups excluding carboxylic acids is 1. The highest BCUT2D eigenvalue weighted by atomic mass is 35.5. The summed E-state index contributed by atoms with van der Waals surface area (Å²) in [4.78, 5) is 16.3. The molecule has 0 saturated heterocycles. The standard InChI is InChI=1S/C17H14ClN3O2/c18-15-5-1-2-6-16(15)21-13-8-12(9-19-10-13)17(22)20-11-14-4-3-7-23-14/h1-10,21H,11H2,(H,20,22). The summed E-state index contributed by atoms with van der Waals surface area (Å²) < 4.78 is 5.18. The second-order valence-corrected chi connectivity index (χ2v) is 5.24. The highest BCUT2D eigenvalue weighted by Gasteiger charge is 2.08. The lowest BCUT2D eigenvalue weighted by Crippen LogP contribution is -2.22. The first-order valence-corrected chi connectivity index (χ1v) is 7.37. The number of carbonyl (C=O) groups is 1. The SMILES string of the molecule is O=C(NCc1ccco1)c1cncc(Nc2ccccc2Cl)c1. The van der Waals surface area contributed by atoms with Crippen LogP contribution in [-0.4, -0.2) is 10.9 Å². The summed E-state index contributed by atoms with van der Waals surface area (Å²) in [6.45, 7) is 0.327. The van der Waals surface area contributed by atoms with Gasteiger partial charge in [-0.3, -0.25) is 9.78 Å². The fraction of sp³-hybridized carbons (Fsp3) is 0.0588. The Morgan fingerprint density at radius 3 is 2.83 bits per heavy atom. The van der Waals surface area contributed by atoms with Crippen molar-refractivity contribution in [2.75, 3.05) is 5.32 Å².